The van der Waals surface area contributed by atoms with E-state index >= 15 is 0 Å². The first kappa shape index (κ1) is 21.2. The first-order valence-electron chi connectivity index (χ1n) is 9.35. The topological polar surface area (TPSA) is 67.8 Å². The molecule has 2 aromatic rings. The number of hydrogen-bond donors (Lipinski definition) is 2. The van der Waals surface area contributed by atoms with E-state index in [9.17, 15) is 0 Å². The zero-order valence-electron chi connectivity index (χ0n) is 16.4. The van der Waals surface area contributed by atoms with Gasteiger partial charge in [-0.05, 0) is 31.0 Å². The minimum atomic E-state index is 0.335. The van der Waals surface area contributed by atoms with Crippen molar-refractivity contribution < 1.29 is 9.47 Å². The fourth-order valence-electron chi connectivity index (χ4n) is 2.42. The van der Waals surface area contributed by atoms with Crippen LogP contribution in [0.25, 0.3) is 0 Å². The van der Waals surface area contributed by atoms with E-state index in [1.165, 1.54) is 0 Å². The van der Waals surface area contributed by atoms with Crippen LogP contribution in [0.4, 0.5) is 0 Å². The molecule has 1 aromatic heterocycles. The van der Waals surface area contributed by atoms with E-state index in [1.807, 2.05) is 42.8 Å². The number of guanidine groups is 1. The molecule has 1 aromatic carbocycles. The highest BCUT2D eigenvalue weighted by atomic mass is 32.1. The standard InChI is InChI=1S/C20H30N4O2S/c1-4-26-12-5-10-22-20(23-14-16(2)19-21-11-13-27-19)24-15-17-6-8-18(25-3)9-7-17/h6-9,11,13,16H,4-5,10,12,14-15H2,1-3H3,(H2,22,23,24). The Morgan fingerprint density at radius 3 is 2.74 bits per heavy atom. The Morgan fingerprint density at radius 2 is 2.07 bits per heavy atom. The number of ether oxygens (including phenoxy) is 2. The first-order chi connectivity index (χ1) is 13.2. The molecule has 6 nitrogen and oxygen atoms in total. The second-order valence-electron chi connectivity index (χ2n) is 6.14. The van der Waals surface area contributed by atoms with Crippen molar-refractivity contribution in [3.63, 3.8) is 0 Å². The molecule has 0 radical (unpaired) electrons. The second kappa shape index (κ2) is 12.3. The smallest absolute Gasteiger partial charge is 0.191 e. The zero-order chi connectivity index (χ0) is 19.3. The Morgan fingerprint density at radius 1 is 1.26 bits per heavy atom. The molecule has 0 spiro atoms. The SMILES string of the molecule is CCOCCCNC(=NCc1ccc(OC)cc1)NCC(C)c1nccs1. The molecule has 0 saturated heterocycles. The van der Waals surface area contributed by atoms with Crippen LogP contribution < -0.4 is 15.4 Å². The van der Waals surface area contributed by atoms with E-state index in [1.54, 1.807) is 18.4 Å². The van der Waals surface area contributed by atoms with Crippen LogP contribution in [0.1, 0.15) is 36.8 Å². The number of nitrogens with one attached hydrogen (secondary N) is 2. The van der Waals surface area contributed by atoms with E-state index in [0.29, 0.717) is 12.5 Å². The van der Waals surface area contributed by atoms with Gasteiger partial charge in [-0.1, -0.05) is 19.1 Å². The van der Waals surface area contributed by atoms with Crippen molar-refractivity contribution in [1.29, 1.82) is 0 Å². The molecule has 1 heterocycles. The number of benzene rings is 1. The quantitative estimate of drug-likeness (QED) is 0.350. The zero-order valence-corrected chi connectivity index (χ0v) is 17.2. The molecule has 0 saturated carbocycles. The van der Waals surface area contributed by atoms with Crippen LogP contribution in [0.15, 0.2) is 40.8 Å². The van der Waals surface area contributed by atoms with Gasteiger partial charge in [0.15, 0.2) is 5.96 Å². The summed E-state index contributed by atoms with van der Waals surface area (Å²) in [6.07, 6.45) is 2.79. The molecule has 0 aliphatic carbocycles. The molecule has 0 aliphatic heterocycles. The van der Waals surface area contributed by atoms with Gasteiger partial charge in [0.05, 0.1) is 18.7 Å². The minimum absolute atomic E-state index is 0.335. The van der Waals surface area contributed by atoms with Crippen molar-refractivity contribution in [1.82, 2.24) is 15.6 Å². The second-order valence-corrected chi connectivity index (χ2v) is 7.07. The molecular formula is C20H30N4O2S. The van der Waals surface area contributed by atoms with Crippen molar-refractivity contribution in [2.24, 2.45) is 4.99 Å². The highest BCUT2D eigenvalue weighted by Crippen LogP contribution is 2.16. The average molecular weight is 391 g/mol. The van der Waals surface area contributed by atoms with Crippen molar-refractivity contribution >= 4 is 17.3 Å². The van der Waals surface area contributed by atoms with Crippen LogP contribution in [0, 0.1) is 0 Å². The fourth-order valence-corrected chi connectivity index (χ4v) is 3.11. The first-order valence-corrected chi connectivity index (χ1v) is 10.2. The fraction of sp³-hybridized carbons (Fsp3) is 0.500. The van der Waals surface area contributed by atoms with Gasteiger partial charge in [-0.3, -0.25) is 0 Å². The molecule has 0 amide bonds. The van der Waals surface area contributed by atoms with Gasteiger partial charge in [-0.25, -0.2) is 9.98 Å². The number of nitrogens with zero attached hydrogens (tertiary/aromatic N) is 2. The summed E-state index contributed by atoms with van der Waals surface area (Å²) in [6.45, 7) is 7.90. The molecule has 0 aliphatic rings. The predicted molar refractivity (Wildman–Crippen MR) is 112 cm³/mol. The van der Waals surface area contributed by atoms with Crippen molar-refractivity contribution in [3.05, 3.63) is 46.4 Å². The van der Waals surface area contributed by atoms with Crippen LogP contribution in [0.2, 0.25) is 0 Å². The van der Waals surface area contributed by atoms with Gasteiger partial charge < -0.3 is 20.1 Å². The summed E-state index contributed by atoms with van der Waals surface area (Å²) in [4.78, 5) is 9.11. The molecule has 1 unspecified atom stereocenters. The Bertz CT molecular complexity index is 659. The summed E-state index contributed by atoms with van der Waals surface area (Å²) in [7, 11) is 1.67. The Hall–Kier alpha value is -2.12. The van der Waals surface area contributed by atoms with E-state index in [-0.39, 0.29) is 0 Å². The lowest BCUT2D eigenvalue weighted by molar-refractivity contribution is 0.145. The molecule has 1 atom stereocenters. The molecule has 2 rings (SSSR count). The van der Waals surface area contributed by atoms with Crippen LogP contribution in [0.5, 0.6) is 5.75 Å². The summed E-state index contributed by atoms with van der Waals surface area (Å²) in [5.74, 6) is 2.00. The average Bonchev–Trinajstić information content (AvgIpc) is 3.24. The predicted octanol–water partition coefficient (Wildman–Crippen LogP) is 3.42. The normalized spacial score (nSPS) is 12.6. The Kier molecular flexibility index (Phi) is 9.65. The Balaban J connectivity index is 1.90. The third-order valence-corrected chi connectivity index (χ3v) is 5.00. The van der Waals surface area contributed by atoms with Gasteiger partial charge in [0.2, 0.25) is 0 Å². The van der Waals surface area contributed by atoms with Gasteiger partial charge >= 0.3 is 0 Å². The van der Waals surface area contributed by atoms with Gasteiger partial charge in [0, 0.05) is 43.8 Å². The number of methoxy groups -OCH3 is 1. The minimum Gasteiger partial charge on any atom is -0.497 e. The highest BCUT2D eigenvalue weighted by Gasteiger charge is 2.09. The maximum Gasteiger partial charge on any atom is 0.191 e. The summed E-state index contributed by atoms with van der Waals surface area (Å²) >= 11 is 1.68. The lowest BCUT2D eigenvalue weighted by Gasteiger charge is -2.15. The van der Waals surface area contributed by atoms with Crippen molar-refractivity contribution in [2.45, 2.75) is 32.7 Å². The van der Waals surface area contributed by atoms with Crippen LogP contribution in [0.3, 0.4) is 0 Å². The number of hydrogen-bond acceptors (Lipinski definition) is 5. The summed E-state index contributed by atoms with van der Waals surface area (Å²) < 4.78 is 10.6. The summed E-state index contributed by atoms with van der Waals surface area (Å²) in [5.41, 5.74) is 1.14. The molecule has 27 heavy (non-hydrogen) atoms. The summed E-state index contributed by atoms with van der Waals surface area (Å²) in [6, 6.07) is 7.98. The van der Waals surface area contributed by atoms with E-state index in [0.717, 1.165) is 55.0 Å². The van der Waals surface area contributed by atoms with Crippen LogP contribution in [-0.4, -0.2) is 44.4 Å². The Labute approximate surface area is 166 Å². The summed E-state index contributed by atoms with van der Waals surface area (Å²) in [5, 5.41) is 9.96. The maximum absolute atomic E-state index is 5.39. The van der Waals surface area contributed by atoms with Crippen molar-refractivity contribution in [2.75, 3.05) is 33.4 Å². The number of aromatic nitrogens is 1. The third kappa shape index (κ3) is 7.97. The molecule has 148 valence electrons. The lowest BCUT2D eigenvalue weighted by atomic mass is 10.2. The number of rotatable bonds is 11. The number of thiazole rings is 1. The lowest BCUT2D eigenvalue weighted by Crippen LogP contribution is -2.39. The van der Waals surface area contributed by atoms with E-state index in [4.69, 9.17) is 14.5 Å². The molecule has 7 heteroatoms. The van der Waals surface area contributed by atoms with Crippen molar-refractivity contribution in [3.8, 4) is 5.75 Å². The van der Waals surface area contributed by atoms with Gasteiger partial charge in [0.25, 0.3) is 0 Å². The van der Waals surface area contributed by atoms with Crippen LogP contribution >= 0.6 is 11.3 Å². The van der Waals surface area contributed by atoms with Crippen LogP contribution in [-0.2, 0) is 11.3 Å². The highest BCUT2D eigenvalue weighted by molar-refractivity contribution is 7.09. The third-order valence-electron chi connectivity index (χ3n) is 3.99. The van der Waals surface area contributed by atoms with Gasteiger partial charge in [-0.2, -0.15) is 0 Å². The molecule has 2 N–H and O–H groups in total. The molecule has 0 fully saturated rings. The van der Waals surface area contributed by atoms with E-state index in [2.05, 4.69) is 22.5 Å². The maximum atomic E-state index is 5.39. The van der Waals surface area contributed by atoms with E-state index < -0.39 is 0 Å². The van der Waals surface area contributed by atoms with Gasteiger partial charge in [0.1, 0.15) is 5.75 Å². The largest absolute Gasteiger partial charge is 0.497 e. The number of aliphatic imine (C=N–C) groups is 1. The monoisotopic (exact) mass is 390 g/mol. The molecule has 0 bridgehead atoms. The van der Waals surface area contributed by atoms with Gasteiger partial charge in [-0.15, -0.1) is 11.3 Å². The molecular weight excluding hydrogens is 360 g/mol.